The van der Waals surface area contributed by atoms with Crippen molar-refractivity contribution in [2.24, 2.45) is 0 Å². The summed E-state index contributed by atoms with van der Waals surface area (Å²) >= 11 is 7.44. The number of amides is 2. The lowest BCUT2D eigenvalue weighted by atomic mass is 10.1. The Bertz CT molecular complexity index is 1380. The number of benzene rings is 4. The third-order valence-electron chi connectivity index (χ3n) is 5.22. The van der Waals surface area contributed by atoms with Crippen molar-refractivity contribution in [3.8, 4) is 5.75 Å². The highest BCUT2D eigenvalue weighted by molar-refractivity contribution is 8.00. The third kappa shape index (κ3) is 6.24. The fourth-order valence-electron chi connectivity index (χ4n) is 3.50. The summed E-state index contributed by atoms with van der Waals surface area (Å²) in [5.41, 5.74) is 1.69. The summed E-state index contributed by atoms with van der Waals surface area (Å²) in [5, 5.41) is 5.48. The van der Waals surface area contributed by atoms with Crippen LogP contribution in [0, 0.1) is 5.82 Å². The number of carbonyl (C=O) groups excluding carboxylic acids is 2. The molecule has 1 unspecified atom stereocenters. The van der Waals surface area contributed by atoms with Gasteiger partial charge in [0.15, 0.2) is 0 Å². The molecular weight excluding hydrogens is 499 g/mol. The molecule has 36 heavy (non-hydrogen) atoms. The maximum atomic E-state index is 14.0. The number of carbonyl (C=O) groups is 2. The normalized spacial score (nSPS) is 11.4. The van der Waals surface area contributed by atoms with Gasteiger partial charge in [0.25, 0.3) is 5.91 Å². The largest absolute Gasteiger partial charge is 0.495 e. The minimum atomic E-state index is -0.618. The molecule has 2 N–H and O–H groups in total. The molecule has 5 nitrogen and oxygen atoms in total. The van der Waals surface area contributed by atoms with Crippen LogP contribution in [0.25, 0.3) is 0 Å². The van der Waals surface area contributed by atoms with Crippen LogP contribution < -0.4 is 15.4 Å². The minimum Gasteiger partial charge on any atom is -0.495 e. The molecule has 1 atom stereocenters. The lowest BCUT2D eigenvalue weighted by molar-refractivity contribution is -0.115. The molecule has 0 fully saturated rings. The van der Waals surface area contributed by atoms with Gasteiger partial charge in [-0.1, -0.05) is 60.1 Å². The number of nitrogens with one attached hydrogen (secondary N) is 2. The van der Waals surface area contributed by atoms with Gasteiger partial charge in [0, 0.05) is 15.6 Å². The molecule has 4 aromatic carbocycles. The summed E-state index contributed by atoms with van der Waals surface area (Å²) < 4.78 is 19.4. The average molecular weight is 521 g/mol. The maximum absolute atomic E-state index is 14.0. The van der Waals surface area contributed by atoms with E-state index in [1.54, 1.807) is 42.5 Å². The van der Waals surface area contributed by atoms with E-state index in [2.05, 4.69) is 10.6 Å². The summed E-state index contributed by atoms with van der Waals surface area (Å²) in [5.74, 6) is -0.937. The molecule has 0 bridgehead atoms. The number of halogens is 2. The molecule has 0 saturated heterocycles. The zero-order chi connectivity index (χ0) is 25.5. The van der Waals surface area contributed by atoms with E-state index in [1.807, 2.05) is 36.4 Å². The maximum Gasteiger partial charge on any atom is 0.258 e. The molecule has 2 amide bonds. The van der Waals surface area contributed by atoms with Crippen molar-refractivity contribution in [1.29, 1.82) is 0 Å². The summed E-state index contributed by atoms with van der Waals surface area (Å²) in [6, 6.07) is 27.2. The van der Waals surface area contributed by atoms with Gasteiger partial charge in [0.2, 0.25) is 5.91 Å². The fourth-order valence-corrected chi connectivity index (χ4v) is 4.76. The lowest BCUT2D eigenvalue weighted by Crippen LogP contribution is -2.19. The van der Waals surface area contributed by atoms with Crippen molar-refractivity contribution >= 4 is 46.6 Å². The van der Waals surface area contributed by atoms with Crippen molar-refractivity contribution in [3.05, 3.63) is 119 Å². The standard InChI is InChI=1S/C28H22ClFN2O3S/c1-35-25-15-14-19(29)16-24(25)32-28(34)26(18-8-3-2-4-9-18)36-21-11-7-10-20(17-21)31-27(33)22-12-5-6-13-23(22)30/h2-17,26H,1H3,(H,31,33)(H,32,34). The molecule has 8 heteroatoms. The highest BCUT2D eigenvalue weighted by Gasteiger charge is 2.23. The molecule has 0 spiro atoms. The second-order valence-electron chi connectivity index (χ2n) is 7.70. The van der Waals surface area contributed by atoms with Crippen molar-refractivity contribution in [2.75, 3.05) is 17.7 Å². The Kier molecular flexibility index (Phi) is 8.25. The van der Waals surface area contributed by atoms with Gasteiger partial charge >= 0.3 is 0 Å². The van der Waals surface area contributed by atoms with E-state index in [9.17, 15) is 14.0 Å². The first-order chi connectivity index (χ1) is 17.4. The van der Waals surface area contributed by atoms with Crippen LogP contribution in [0.4, 0.5) is 15.8 Å². The second kappa shape index (κ2) is 11.7. The van der Waals surface area contributed by atoms with Crippen LogP contribution in [-0.4, -0.2) is 18.9 Å². The molecular formula is C28H22ClFN2O3S. The van der Waals surface area contributed by atoms with Gasteiger partial charge in [0.05, 0.1) is 18.4 Å². The van der Waals surface area contributed by atoms with Gasteiger partial charge in [-0.05, 0) is 54.1 Å². The van der Waals surface area contributed by atoms with Crippen LogP contribution in [0.1, 0.15) is 21.2 Å². The number of thioether (sulfide) groups is 1. The first-order valence-corrected chi connectivity index (χ1v) is 12.2. The zero-order valence-electron chi connectivity index (χ0n) is 19.2. The Labute approximate surface area is 217 Å². The fraction of sp³-hybridized carbons (Fsp3) is 0.0714. The van der Waals surface area contributed by atoms with Gasteiger partial charge in [-0.3, -0.25) is 9.59 Å². The topological polar surface area (TPSA) is 67.4 Å². The quantitative estimate of drug-likeness (QED) is 0.241. The van der Waals surface area contributed by atoms with E-state index >= 15 is 0 Å². The van der Waals surface area contributed by atoms with Gasteiger partial charge in [-0.2, -0.15) is 0 Å². The van der Waals surface area contributed by atoms with Crippen LogP contribution in [0.3, 0.4) is 0 Å². The molecule has 4 rings (SSSR count). The van der Waals surface area contributed by atoms with E-state index in [1.165, 1.54) is 37.1 Å². The molecule has 0 aliphatic heterocycles. The SMILES string of the molecule is COc1ccc(Cl)cc1NC(=O)C(Sc1cccc(NC(=O)c2ccccc2F)c1)c1ccccc1. The number of ether oxygens (including phenoxy) is 1. The molecule has 4 aromatic rings. The Balaban J connectivity index is 1.57. The lowest BCUT2D eigenvalue weighted by Gasteiger charge is -2.19. The number of methoxy groups -OCH3 is 1. The van der Waals surface area contributed by atoms with Gasteiger partial charge in [-0.15, -0.1) is 11.8 Å². The van der Waals surface area contributed by atoms with Crippen LogP contribution >= 0.6 is 23.4 Å². The van der Waals surface area contributed by atoms with E-state index in [0.717, 1.165) is 10.5 Å². The van der Waals surface area contributed by atoms with Crippen LogP contribution in [0.2, 0.25) is 5.02 Å². The van der Waals surface area contributed by atoms with Crippen LogP contribution in [-0.2, 0) is 4.79 Å². The second-order valence-corrected chi connectivity index (χ2v) is 9.32. The minimum absolute atomic E-state index is 0.0486. The highest BCUT2D eigenvalue weighted by Crippen LogP contribution is 2.38. The first kappa shape index (κ1) is 25.3. The van der Waals surface area contributed by atoms with Crippen molar-refractivity contribution in [2.45, 2.75) is 10.1 Å². The number of rotatable bonds is 8. The zero-order valence-corrected chi connectivity index (χ0v) is 20.8. The van der Waals surface area contributed by atoms with Gasteiger partial charge in [0.1, 0.15) is 16.8 Å². The predicted octanol–water partition coefficient (Wildman–Crippen LogP) is 7.21. The number of anilines is 2. The Morgan fingerprint density at radius 2 is 1.64 bits per heavy atom. The van der Waals surface area contributed by atoms with Gasteiger partial charge in [-0.25, -0.2) is 4.39 Å². The summed E-state index contributed by atoms with van der Waals surface area (Å²) in [7, 11) is 1.52. The Hall–Kier alpha value is -3.81. The predicted molar refractivity (Wildman–Crippen MR) is 142 cm³/mol. The molecule has 0 radical (unpaired) electrons. The number of hydrogen-bond donors (Lipinski definition) is 2. The van der Waals surface area contributed by atoms with Crippen molar-refractivity contribution < 1.29 is 18.7 Å². The highest BCUT2D eigenvalue weighted by atomic mass is 35.5. The summed E-state index contributed by atoms with van der Waals surface area (Å²) in [4.78, 5) is 26.7. The summed E-state index contributed by atoms with van der Waals surface area (Å²) in [6.45, 7) is 0. The molecule has 0 heterocycles. The first-order valence-electron chi connectivity index (χ1n) is 11.0. The molecule has 0 aliphatic rings. The van der Waals surface area contributed by atoms with E-state index in [4.69, 9.17) is 16.3 Å². The van der Waals surface area contributed by atoms with Gasteiger partial charge < -0.3 is 15.4 Å². The molecule has 182 valence electrons. The third-order valence-corrected chi connectivity index (χ3v) is 6.71. The van der Waals surface area contributed by atoms with Crippen LogP contribution in [0.15, 0.2) is 102 Å². The van der Waals surface area contributed by atoms with Crippen LogP contribution in [0.5, 0.6) is 5.75 Å². The smallest absolute Gasteiger partial charge is 0.258 e. The molecule has 0 aliphatic carbocycles. The van der Waals surface area contributed by atoms with Crippen molar-refractivity contribution in [1.82, 2.24) is 0 Å². The Morgan fingerprint density at radius 3 is 2.39 bits per heavy atom. The average Bonchev–Trinajstić information content (AvgIpc) is 2.88. The van der Waals surface area contributed by atoms with E-state index < -0.39 is 17.0 Å². The Morgan fingerprint density at radius 1 is 0.889 bits per heavy atom. The van der Waals surface area contributed by atoms with E-state index in [-0.39, 0.29) is 11.5 Å². The monoisotopic (exact) mass is 520 g/mol. The molecule has 0 aromatic heterocycles. The van der Waals surface area contributed by atoms with E-state index in [0.29, 0.717) is 22.1 Å². The molecule has 0 saturated carbocycles. The number of hydrogen-bond acceptors (Lipinski definition) is 4. The van der Waals surface area contributed by atoms with Crippen molar-refractivity contribution in [3.63, 3.8) is 0 Å². The summed E-state index contributed by atoms with van der Waals surface area (Å²) in [6.07, 6.45) is 0.